The Bertz CT molecular complexity index is 1120. The molecule has 0 atom stereocenters. The predicted octanol–water partition coefficient (Wildman–Crippen LogP) is 4.28. The Hall–Kier alpha value is -3.40. The summed E-state index contributed by atoms with van der Waals surface area (Å²) in [6.45, 7) is 0.103. The van der Waals surface area contributed by atoms with E-state index >= 15 is 0 Å². The molecule has 0 saturated heterocycles. The fraction of sp³-hybridized carbons (Fsp3) is 0.238. The van der Waals surface area contributed by atoms with Gasteiger partial charge in [-0.1, -0.05) is 6.07 Å². The van der Waals surface area contributed by atoms with Crippen molar-refractivity contribution >= 4 is 33.2 Å². The maximum atomic E-state index is 13.3. The van der Waals surface area contributed by atoms with Gasteiger partial charge in [0, 0.05) is 30.4 Å². The molecular weight excluding hydrogens is 466 g/mol. The van der Waals surface area contributed by atoms with Crippen LogP contribution < -0.4 is 9.64 Å². The van der Waals surface area contributed by atoms with Crippen LogP contribution in [-0.4, -0.2) is 32.9 Å². The molecule has 0 bridgehead atoms. The highest BCUT2D eigenvalue weighted by atomic mass is 79.9. The van der Waals surface area contributed by atoms with Gasteiger partial charge in [0.25, 0.3) is 11.6 Å². The Kier molecular flexibility index (Phi) is 5.90. The molecule has 0 unspecified atom stereocenters. The standard InChI is InChI=1S/C21H18BrN5O4/c1-31-19-7-5-16(11-23-19)26(12-13-2-6-17(22)18(8-13)27(29)30)21(28)15-9-24-20(25-10-15)14-3-4-14/h2,5-11,14H,3-4,12H2,1H3. The Labute approximate surface area is 186 Å². The number of rotatable bonds is 7. The number of nitro benzene ring substituents is 1. The molecule has 1 fully saturated rings. The van der Waals surface area contributed by atoms with E-state index in [4.69, 9.17) is 4.74 Å². The smallest absolute Gasteiger partial charge is 0.283 e. The topological polar surface area (TPSA) is 111 Å². The number of hydrogen-bond acceptors (Lipinski definition) is 7. The summed E-state index contributed by atoms with van der Waals surface area (Å²) in [6.07, 6.45) is 6.70. The lowest BCUT2D eigenvalue weighted by Gasteiger charge is -2.23. The van der Waals surface area contributed by atoms with Gasteiger partial charge in [-0.2, -0.15) is 0 Å². The second kappa shape index (κ2) is 8.76. The Morgan fingerprint density at radius 2 is 1.94 bits per heavy atom. The highest BCUT2D eigenvalue weighted by molar-refractivity contribution is 9.10. The summed E-state index contributed by atoms with van der Waals surface area (Å²) < 4.78 is 5.46. The number of nitro groups is 1. The summed E-state index contributed by atoms with van der Waals surface area (Å²) in [5.41, 5.74) is 1.36. The van der Waals surface area contributed by atoms with E-state index in [-0.39, 0.29) is 18.1 Å². The first-order chi connectivity index (χ1) is 15.0. The molecule has 1 aliphatic rings. The third kappa shape index (κ3) is 4.69. The largest absolute Gasteiger partial charge is 0.481 e. The summed E-state index contributed by atoms with van der Waals surface area (Å²) in [5, 5.41) is 11.3. The number of ether oxygens (including phenoxy) is 1. The van der Waals surface area contributed by atoms with Crippen molar-refractivity contribution < 1.29 is 14.5 Å². The SMILES string of the molecule is COc1ccc(N(Cc2ccc(Br)c([N+](=O)[O-])c2)C(=O)c2cnc(C3CC3)nc2)cn1. The van der Waals surface area contributed by atoms with Gasteiger partial charge in [0.15, 0.2) is 0 Å². The number of halogens is 1. The molecule has 0 N–H and O–H groups in total. The number of amides is 1. The van der Waals surface area contributed by atoms with E-state index in [1.54, 1.807) is 24.3 Å². The van der Waals surface area contributed by atoms with Crippen LogP contribution in [0.2, 0.25) is 0 Å². The van der Waals surface area contributed by atoms with Crippen molar-refractivity contribution in [2.75, 3.05) is 12.0 Å². The van der Waals surface area contributed by atoms with E-state index in [9.17, 15) is 14.9 Å². The molecule has 10 heteroatoms. The molecule has 0 spiro atoms. The highest BCUT2D eigenvalue weighted by Crippen LogP contribution is 2.37. The van der Waals surface area contributed by atoms with Crippen LogP contribution in [0.5, 0.6) is 5.88 Å². The van der Waals surface area contributed by atoms with Gasteiger partial charge >= 0.3 is 0 Å². The first-order valence-corrected chi connectivity index (χ1v) is 10.3. The van der Waals surface area contributed by atoms with Crippen LogP contribution in [-0.2, 0) is 6.54 Å². The number of benzene rings is 1. The van der Waals surface area contributed by atoms with Gasteiger partial charge in [-0.15, -0.1) is 0 Å². The fourth-order valence-corrected chi connectivity index (χ4v) is 3.46. The van der Waals surface area contributed by atoms with Gasteiger partial charge in [0.1, 0.15) is 5.82 Å². The van der Waals surface area contributed by atoms with Crippen LogP contribution in [0.4, 0.5) is 11.4 Å². The van der Waals surface area contributed by atoms with E-state index < -0.39 is 4.92 Å². The molecule has 31 heavy (non-hydrogen) atoms. The third-order valence-electron chi connectivity index (χ3n) is 4.90. The molecule has 1 aliphatic carbocycles. The van der Waals surface area contributed by atoms with Crippen molar-refractivity contribution in [3.63, 3.8) is 0 Å². The summed E-state index contributed by atoms with van der Waals surface area (Å²) >= 11 is 3.18. The van der Waals surface area contributed by atoms with Crippen LogP contribution in [0.1, 0.15) is 40.5 Å². The normalized spacial score (nSPS) is 13.0. The molecule has 2 aromatic heterocycles. The van der Waals surface area contributed by atoms with Gasteiger partial charge in [0.05, 0.1) is 40.5 Å². The van der Waals surface area contributed by atoms with Crippen molar-refractivity contribution in [2.45, 2.75) is 25.3 Å². The second-order valence-corrected chi connectivity index (χ2v) is 7.95. The molecule has 1 amide bonds. The van der Waals surface area contributed by atoms with Crippen LogP contribution in [0.15, 0.2) is 53.4 Å². The molecule has 1 saturated carbocycles. The zero-order valence-corrected chi connectivity index (χ0v) is 18.2. The molecule has 1 aromatic carbocycles. The number of anilines is 1. The first kappa shape index (κ1) is 20.9. The van der Waals surface area contributed by atoms with Crippen molar-refractivity contribution in [1.29, 1.82) is 0 Å². The Balaban J connectivity index is 1.67. The number of aromatic nitrogens is 3. The van der Waals surface area contributed by atoms with E-state index in [1.807, 2.05) is 0 Å². The highest BCUT2D eigenvalue weighted by Gasteiger charge is 2.27. The van der Waals surface area contributed by atoms with Crippen LogP contribution in [0.25, 0.3) is 0 Å². The van der Waals surface area contributed by atoms with E-state index in [0.29, 0.717) is 33.1 Å². The lowest BCUT2D eigenvalue weighted by atomic mass is 10.1. The Morgan fingerprint density at radius 1 is 1.19 bits per heavy atom. The number of methoxy groups -OCH3 is 1. The van der Waals surface area contributed by atoms with Crippen molar-refractivity contribution in [3.05, 3.63) is 80.5 Å². The zero-order chi connectivity index (χ0) is 22.0. The van der Waals surface area contributed by atoms with E-state index in [2.05, 4.69) is 30.9 Å². The van der Waals surface area contributed by atoms with Crippen molar-refractivity contribution in [1.82, 2.24) is 15.0 Å². The summed E-state index contributed by atoms with van der Waals surface area (Å²) in [5.74, 6) is 1.21. The van der Waals surface area contributed by atoms with Gasteiger partial charge in [0.2, 0.25) is 5.88 Å². The van der Waals surface area contributed by atoms with Gasteiger partial charge in [-0.25, -0.2) is 15.0 Å². The first-order valence-electron chi connectivity index (χ1n) is 9.53. The average Bonchev–Trinajstić information content (AvgIpc) is 3.64. The Morgan fingerprint density at radius 3 is 2.52 bits per heavy atom. The third-order valence-corrected chi connectivity index (χ3v) is 5.57. The molecule has 4 rings (SSSR count). The van der Waals surface area contributed by atoms with E-state index in [0.717, 1.165) is 18.7 Å². The molecule has 158 valence electrons. The minimum atomic E-state index is -0.473. The summed E-state index contributed by atoms with van der Waals surface area (Å²) in [7, 11) is 1.50. The van der Waals surface area contributed by atoms with Gasteiger partial charge < -0.3 is 9.64 Å². The molecule has 3 aromatic rings. The van der Waals surface area contributed by atoms with Crippen LogP contribution in [0.3, 0.4) is 0 Å². The minimum absolute atomic E-state index is 0.0742. The zero-order valence-electron chi connectivity index (χ0n) is 16.6. The number of nitrogens with zero attached hydrogens (tertiary/aromatic N) is 5. The molecule has 9 nitrogen and oxygen atoms in total. The molecule has 0 aliphatic heterocycles. The summed E-state index contributed by atoms with van der Waals surface area (Å²) in [4.78, 5) is 38.5. The van der Waals surface area contributed by atoms with Crippen LogP contribution in [0, 0.1) is 10.1 Å². The lowest BCUT2D eigenvalue weighted by Crippen LogP contribution is -2.31. The maximum Gasteiger partial charge on any atom is 0.283 e. The van der Waals surface area contributed by atoms with Crippen LogP contribution >= 0.6 is 15.9 Å². The van der Waals surface area contributed by atoms with Crippen molar-refractivity contribution in [3.8, 4) is 5.88 Å². The lowest BCUT2D eigenvalue weighted by molar-refractivity contribution is -0.385. The molecule has 0 radical (unpaired) electrons. The quantitative estimate of drug-likeness (QED) is 0.364. The minimum Gasteiger partial charge on any atom is -0.481 e. The predicted molar refractivity (Wildman–Crippen MR) is 116 cm³/mol. The second-order valence-electron chi connectivity index (χ2n) is 7.10. The summed E-state index contributed by atoms with van der Waals surface area (Å²) in [6, 6.07) is 8.10. The number of hydrogen-bond donors (Lipinski definition) is 0. The number of carbonyl (C=O) groups excluding carboxylic acids is 1. The maximum absolute atomic E-state index is 13.3. The number of pyridine rings is 1. The van der Waals surface area contributed by atoms with E-state index in [1.165, 1.54) is 36.7 Å². The van der Waals surface area contributed by atoms with Crippen molar-refractivity contribution in [2.24, 2.45) is 0 Å². The van der Waals surface area contributed by atoms with Gasteiger partial charge in [-0.3, -0.25) is 14.9 Å². The monoisotopic (exact) mass is 483 g/mol. The van der Waals surface area contributed by atoms with Gasteiger partial charge in [-0.05, 0) is 46.5 Å². The fourth-order valence-electron chi connectivity index (χ4n) is 3.07. The molecular formula is C21H18BrN5O4. The number of carbonyl (C=O) groups is 1. The molecule has 2 heterocycles. The average molecular weight is 484 g/mol.